The number of carbonyl (C=O) groups excluding carboxylic acids is 2. The molecule has 0 unspecified atom stereocenters. The molecule has 0 spiro atoms. The van der Waals surface area contributed by atoms with E-state index in [4.69, 9.17) is 9.26 Å². The van der Waals surface area contributed by atoms with Gasteiger partial charge < -0.3 is 19.9 Å². The fourth-order valence-corrected chi connectivity index (χ4v) is 2.87. The lowest BCUT2D eigenvalue weighted by molar-refractivity contribution is 0.0941. The first kappa shape index (κ1) is 22.1. The number of carbonyl (C=O) groups is 2. The molecule has 0 atom stereocenters. The van der Waals surface area contributed by atoms with Gasteiger partial charge in [-0.3, -0.25) is 9.59 Å². The fraction of sp³-hybridized carbons (Fsp3) is 0.292. The zero-order valence-electron chi connectivity index (χ0n) is 18.0. The van der Waals surface area contributed by atoms with Crippen LogP contribution in [0.2, 0.25) is 0 Å². The monoisotopic (exact) mass is 421 g/mol. The summed E-state index contributed by atoms with van der Waals surface area (Å²) in [5.74, 6) is 1.15. The van der Waals surface area contributed by atoms with Crippen molar-refractivity contribution in [2.75, 3.05) is 11.9 Å². The third kappa shape index (κ3) is 6.44. The molecule has 7 nitrogen and oxygen atoms in total. The summed E-state index contributed by atoms with van der Waals surface area (Å²) in [6, 6.07) is 16.0. The predicted octanol–water partition coefficient (Wildman–Crippen LogP) is 4.59. The van der Waals surface area contributed by atoms with Crippen molar-refractivity contribution in [3.05, 3.63) is 77.2 Å². The Labute approximate surface area is 181 Å². The molecule has 0 saturated carbocycles. The van der Waals surface area contributed by atoms with Gasteiger partial charge in [0.05, 0.1) is 0 Å². The van der Waals surface area contributed by atoms with Gasteiger partial charge in [0.1, 0.15) is 12.4 Å². The number of rotatable bonds is 9. The number of hydrogen-bond donors (Lipinski definition) is 2. The lowest BCUT2D eigenvalue weighted by atomic mass is 10.1. The van der Waals surface area contributed by atoms with Gasteiger partial charge in [-0.2, -0.15) is 0 Å². The molecule has 1 aromatic heterocycles. The third-order valence-electron chi connectivity index (χ3n) is 4.68. The fourth-order valence-electron chi connectivity index (χ4n) is 2.87. The number of ether oxygens (including phenoxy) is 1. The van der Waals surface area contributed by atoms with E-state index in [0.717, 1.165) is 12.0 Å². The topological polar surface area (TPSA) is 93.5 Å². The highest BCUT2D eigenvalue weighted by Crippen LogP contribution is 2.19. The molecule has 0 aliphatic rings. The largest absolute Gasteiger partial charge is 0.486 e. The van der Waals surface area contributed by atoms with Gasteiger partial charge in [-0.15, -0.1) is 0 Å². The molecule has 0 aliphatic heterocycles. The summed E-state index contributed by atoms with van der Waals surface area (Å²) < 4.78 is 10.9. The van der Waals surface area contributed by atoms with E-state index in [1.807, 2.05) is 25.1 Å². The van der Waals surface area contributed by atoms with Crippen LogP contribution in [-0.2, 0) is 6.61 Å². The Morgan fingerprint density at radius 3 is 2.52 bits per heavy atom. The van der Waals surface area contributed by atoms with Crippen molar-refractivity contribution in [1.82, 2.24) is 10.5 Å². The predicted molar refractivity (Wildman–Crippen MR) is 118 cm³/mol. The molecule has 2 aromatic carbocycles. The summed E-state index contributed by atoms with van der Waals surface area (Å²) in [4.78, 5) is 24.4. The Hall–Kier alpha value is -3.61. The average Bonchev–Trinajstić information content (AvgIpc) is 3.22. The molecule has 1 heterocycles. The minimum atomic E-state index is -0.260. The molecule has 0 radical (unpaired) electrons. The van der Waals surface area contributed by atoms with Crippen LogP contribution in [-0.4, -0.2) is 23.5 Å². The van der Waals surface area contributed by atoms with Gasteiger partial charge in [-0.05, 0) is 55.2 Å². The lowest BCUT2D eigenvalue weighted by Crippen LogP contribution is -2.25. The van der Waals surface area contributed by atoms with E-state index in [1.54, 1.807) is 36.4 Å². The van der Waals surface area contributed by atoms with Crippen LogP contribution in [0.3, 0.4) is 0 Å². The minimum absolute atomic E-state index is 0.140. The molecule has 3 rings (SSSR count). The van der Waals surface area contributed by atoms with Gasteiger partial charge in [0.2, 0.25) is 0 Å². The first-order valence-electron chi connectivity index (χ1n) is 10.3. The standard InChI is InChI=1S/C24H27N3O4/c1-16(2)12-13-25-24(29)22-14-20(31-27-22)15-30-19-10-8-18(9-11-19)26-23(28)21-7-5-4-6-17(21)3/h4-11,14,16H,12-13,15H2,1-3H3,(H,25,29)(H,26,28). The van der Waals surface area contributed by atoms with Crippen LogP contribution in [0.15, 0.2) is 59.1 Å². The van der Waals surface area contributed by atoms with E-state index in [2.05, 4.69) is 29.6 Å². The zero-order valence-corrected chi connectivity index (χ0v) is 18.0. The number of nitrogens with zero attached hydrogens (tertiary/aromatic N) is 1. The summed E-state index contributed by atoms with van der Waals surface area (Å²) in [6.07, 6.45) is 0.904. The van der Waals surface area contributed by atoms with E-state index in [1.165, 1.54) is 0 Å². The van der Waals surface area contributed by atoms with Crippen LogP contribution in [0.4, 0.5) is 5.69 Å². The van der Waals surface area contributed by atoms with Crippen LogP contribution in [0.1, 0.15) is 52.4 Å². The van der Waals surface area contributed by atoms with Crippen molar-refractivity contribution in [3.8, 4) is 5.75 Å². The van der Waals surface area contributed by atoms with Gasteiger partial charge in [-0.25, -0.2) is 0 Å². The Bertz CT molecular complexity index is 1030. The number of nitrogens with one attached hydrogen (secondary N) is 2. The number of hydrogen-bond acceptors (Lipinski definition) is 5. The maximum atomic E-state index is 12.4. The number of anilines is 1. The normalized spacial score (nSPS) is 10.7. The number of aromatic nitrogens is 1. The van der Waals surface area contributed by atoms with Crippen molar-refractivity contribution in [1.29, 1.82) is 0 Å². The third-order valence-corrected chi connectivity index (χ3v) is 4.68. The molecule has 0 bridgehead atoms. The van der Waals surface area contributed by atoms with Gasteiger partial charge in [0, 0.05) is 23.9 Å². The van der Waals surface area contributed by atoms with E-state index < -0.39 is 0 Å². The van der Waals surface area contributed by atoms with Crippen LogP contribution in [0.5, 0.6) is 5.75 Å². The van der Waals surface area contributed by atoms with Crippen molar-refractivity contribution in [2.24, 2.45) is 5.92 Å². The zero-order chi connectivity index (χ0) is 22.2. The summed E-state index contributed by atoms with van der Waals surface area (Å²) >= 11 is 0. The van der Waals surface area contributed by atoms with E-state index in [0.29, 0.717) is 35.2 Å². The molecule has 31 heavy (non-hydrogen) atoms. The Morgan fingerprint density at radius 2 is 1.81 bits per heavy atom. The number of aryl methyl sites for hydroxylation is 1. The molecule has 2 N–H and O–H groups in total. The van der Waals surface area contributed by atoms with Crippen LogP contribution in [0.25, 0.3) is 0 Å². The summed E-state index contributed by atoms with van der Waals surface area (Å²) in [5, 5.41) is 9.48. The smallest absolute Gasteiger partial charge is 0.273 e. The van der Waals surface area contributed by atoms with Crippen LogP contribution in [0, 0.1) is 12.8 Å². The first-order chi connectivity index (χ1) is 14.9. The van der Waals surface area contributed by atoms with Crippen molar-refractivity contribution in [3.63, 3.8) is 0 Å². The molecule has 0 aliphatic carbocycles. The second kappa shape index (κ2) is 10.4. The molecule has 7 heteroatoms. The Balaban J connectivity index is 1.49. The molecule has 3 aromatic rings. The van der Waals surface area contributed by atoms with E-state index in [9.17, 15) is 9.59 Å². The van der Waals surface area contributed by atoms with Gasteiger partial charge in [0.15, 0.2) is 11.5 Å². The van der Waals surface area contributed by atoms with Crippen LogP contribution < -0.4 is 15.4 Å². The summed E-state index contributed by atoms with van der Waals surface area (Å²) in [5.41, 5.74) is 2.45. The first-order valence-corrected chi connectivity index (χ1v) is 10.3. The second-order valence-electron chi connectivity index (χ2n) is 7.70. The molecule has 0 fully saturated rings. The van der Waals surface area contributed by atoms with Crippen molar-refractivity contribution in [2.45, 2.75) is 33.8 Å². The lowest BCUT2D eigenvalue weighted by Gasteiger charge is -2.09. The molecular weight excluding hydrogens is 394 g/mol. The summed E-state index contributed by atoms with van der Waals surface area (Å²) in [6.45, 7) is 6.84. The Kier molecular flexibility index (Phi) is 7.43. The minimum Gasteiger partial charge on any atom is -0.486 e. The number of amides is 2. The van der Waals surface area contributed by atoms with Crippen molar-refractivity contribution >= 4 is 17.5 Å². The van der Waals surface area contributed by atoms with Crippen LogP contribution >= 0.6 is 0 Å². The Morgan fingerprint density at radius 1 is 1.06 bits per heavy atom. The van der Waals surface area contributed by atoms with Gasteiger partial charge in [-0.1, -0.05) is 37.2 Å². The molecular formula is C24H27N3O4. The van der Waals surface area contributed by atoms with E-state index >= 15 is 0 Å². The molecule has 2 amide bonds. The van der Waals surface area contributed by atoms with Gasteiger partial charge in [0.25, 0.3) is 11.8 Å². The summed E-state index contributed by atoms with van der Waals surface area (Å²) in [7, 11) is 0. The van der Waals surface area contributed by atoms with Gasteiger partial charge >= 0.3 is 0 Å². The maximum Gasteiger partial charge on any atom is 0.273 e. The highest BCUT2D eigenvalue weighted by molar-refractivity contribution is 6.05. The van der Waals surface area contributed by atoms with E-state index in [-0.39, 0.29) is 24.1 Å². The highest BCUT2D eigenvalue weighted by atomic mass is 16.5. The maximum absolute atomic E-state index is 12.4. The van der Waals surface area contributed by atoms with Crippen molar-refractivity contribution < 1.29 is 18.8 Å². The number of benzene rings is 2. The SMILES string of the molecule is Cc1ccccc1C(=O)Nc1ccc(OCc2cc(C(=O)NCCC(C)C)no2)cc1. The second-order valence-corrected chi connectivity index (χ2v) is 7.70. The highest BCUT2D eigenvalue weighted by Gasteiger charge is 2.13. The quantitative estimate of drug-likeness (QED) is 0.527. The molecule has 0 saturated heterocycles. The molecule has 162 valence electrons. The average molecular weight is 421 g/mol.